The Morgan fingerprint density at radius 3 is 2.76 bits per heavy atom. The number of guanidine groups is 1. The zero-order valence-electron chi connectivity index (χ0n) is 21.1. The molecule has 5 rings (SSSR count). The van der Waals surface area contributed by atoms with Crippen molar-refractivity contribution in [2.24, 2.45) is 4.99 Å². The van der Waals surface area contributed by atoms with Gasteiger partial charge in [-0.15, -0.1) is 11.8 Å². The summed E-state index contributed by atoms with van der Waals surface area (Å²) in [4.78, 5) is 47.4. The molecule has 10 nitrogen and oxygen atoms in total. The number of fused-ring (bicyclic) bond motifs is 1. The molecule has 0 aliphatic carbocycles. The maximum absolute atomic E-state index is 13.5. The van der Waals surface area contributed by atoms with Gasteiger partial charge < -0.3 is 19.5 Å². The van der Waals surface area contributed by atoms with Crippen LogP contribution in [0, 0.1) is 6.92 Å². The second-order valence-corrected chi connectivity index (χ2v) is 10.9. The zero-order chi connectivity index (χ0) is 25.8. The van der Waals surface area contributed by atoms with E-state index in [0.29, 0.717) is 18.7 Å². The minimum absolute atomic E-state index is 0.00403. The van der Waals surface area contributed by atoms with E-state index < -0.39 is 6.04 Å². The fraction of sp³-hybridized carbons (Fsp3) is 0.538. The standard InChI is InChI=1S/C26H34N6O4S/c1-17-12-18-13-19(7-8-22(18)36-17)28-26(30-24(34)21-15-37-16-27-21)29-20-6-2-3-11-32(25(20)35)14-23(33)31-9-4-5-10-31/h7-8,12-13,20-21,27H,2-6,9-11,14-16H2,1H3,(H2,28,29,30,34)/t20-,21+/m0/s1. The summed E-state index contributed by atoms with van der Waals surface area (Å²) in [5, 5.41) is 10.2. The highest BCUT2D eigenvalue weighted by Crippen LogP contribution is 2.23. The van der Waals surface area contributed by atoms with Crippen molar-refractivity contribution in [2.75, 3.05) is 43.1 Å². The summed E-state index contributed by atoms with van der Waals surface area (Å²) in [5.74, 6) is 2.06. The predicted octanol–water partition coefficient (Wildman–Crippen LogP) is 2.29. The summed E-state index contributed by atoms with van der Waals surface area (Å²) < 4.78 is 5.67. The van der Waals surface area contributed by atoms with Crippen LogP contribution in [0.4, 0.5) is 5.69 Å². The van der Waals surface area contributed by atoms with Crippen molar-refractivity contribution in [3.8, 4) is 0 Å². The summed E-state index contributed by atoms with van der Waals surface area (Å²) in [6.45, 7) is 4.04. The zero-order valence-corrected chi connectivity index (χ0v) is 21.9. The van der Waals surface area contributed by atoms with Gasteiger partial charge in [-0.05, 0) is 63.3 Å². The Labute approximate surface area is 220 Å². The maximum Gasteiger partial charge on any atom is 0.247 e. The van der Waals surface area contributed by atoms with Crippen LogP contribution in [-0.4, -0.2) is 83.4 Å². The van der Waals surface area contributed by atoms with Crippen LogP contribution < -0.4 is 16.0 Å². The topological polar surface area (TPSA) is 119 Å². The van der Waals surface area contributed by atoms with Crippen molar-refractivity contribution in [1.82, 2.24) is 20.4 Å². The Bertz CT molecular complexity index is 1180. The number of hydrogen-bond acceptors (Lipinski definition) is 7. The summed E-state index contributed by atoms with van der Waals surface area (Å²) in [5.41, 5.74) is 1.50. The van der Waals surface area contributed by atoms with Crippen LogP contribution >= 0.6 is 11.8 Å². The first-order valence-corrected chi connectivity index (χ1v) is 14.2. The molecule has 0 saturated carbocycles. The smallest absolute Gasteiger partial charge is 0.247 e. The van der Waals surface area contributed by atoms with E-state index in [2.05, 4.69) is 16.0 Å². The molecular weight excluding hydrogens is 492 g/mol. The van der Waals surface area contributed by atoms with Gasteiger partial charge in [-0.25, -0.2) is 4.99 Å². The van der Waals surface area contributed by atoms with E-state index in [0.717, 1.165) is 67.1 Å². The van der Waals surface area contributed by atoms with Gasteiger partial charge in [0.2, 0.25) is 23.7 Å². The van der Waals surface area contributed by atoms with Gasteiger partial charge in [-0.3, -0.25) is 25.0 Å². The number of rotatable bonds is 5. The average molecular weight is 527 g/mol. The molecule has 11 heteroatoms. The summed E-state index contributed by atoms with van der Waals surface area (Å²) in [6, 6.07) is 6.58. The fourth-order valence-electron chi connectivity index (χ4n) is 5.00. The Balaban J connectivity index is 1.36. The van der Waals surface area contributed by atoms with Crippen molar-refractivity contribution in [2.45, 2.75) is 51.1 Å². The molecule has 0 radical (unpaired) electrons. The van der Waals surface area contributed by atoms with E-state index in [1.54, 1.807) is 16.7 Å². The fourth-order valence-corrected chi connectivity index (χ4v) is 5.94. The quantitative estimate of drug-likeness (QED) is 0.404. The van der Waals surface area contributed by atoms with Crippen LogP contribution in [0.15, 0.2) is 33.7 Å². The summed E-state index contributed by atoms with van der Waals surface area (Å²) >= 11 is 1.66. The molecule has 3 aliphatic rings. The molecule has 3 amide bonds. The number of furan rings is 1. The molecule has 4 heterocycles. The number of carbonyl (C=O) groups excluding carboxylic acids is 3. The van der Waals surface area contributed by atoms with Crippen LogP contribution in [0.3, 0.4) is 0 Å². The number of anilines is 1. The van der Waals surface area contributed by atoms with Crippen LogP contribution in [0.1, 0.15) is 37.9 Å². The van der Waals surface area contributed by atoms with E-state index in [-0.39, 0.29) is 36.3 Å². The number of carbonyl (C=O) groups is 3. The first-order chi connectivity index (χ1) is 18.0. The number of aliphatic imine (C=N–C) groups is 1. The lowest BCUT2D eigenvalue weighted by Crippen LogP contribution is -2.48. The van der Waals surface area contributed by atoms with Crippen LogP contribution in [0.2, 0.25) is 0 Å². The van der Waals surface area contributed by atoms with Gasteiger partial charge in [-0.2, -0.15) is 0 Å². The lowest BCUT2D eigenvalue weighted by molar-refractivity contribution is -0.140. The van der Waals surface area contributed by atoms with Gasteiger partial charge in [0.15, 0.2) is 0 Å². The van der Waals surface area contributed by atoms with Crippen LogP contribution in [0.25, 0.3) is 11.0 Å². The number of thioether (sulfide) groups is 1. The largest absolute Gasteiger partial charge is 0.461 e. The van der Waals surface area contributed by atoms with Crippen molar-refractivity contribution in [3.63, 3.8) is 0 Å². The molecule has 0 spiro atoms. The van der Waals surface area contributed by atoms with E-state index in [9.17, 15) is 14.4 Å². The van der Waals surface area contributed by atoms with Crippen LogP contribution in [0.5, 0.6) is 0 Å². The van der Waals surface area contributed by atoms with E-state index in [1.165, 1.54) is 0 Å². The highest BCUT2D eigenvalue weighted by atomic mass is 32.2. The number of hydrogen-bond donors (Lipinski definition) is 3. The molecule has 0 bridgehead atoms. The minimum atomic E-state index is -0.678. The number of nitrogens with zero attached hydrogens (tertiary/aromatic N) is 3. The first-order valence-electron chi connectivity index (χ1n) is 13.0. The number of amides is 3. The van der Waals surface area contributed by atoms with Gasteiger partial charge in [0, 0.05) is 42.3 Å². The van der Waals surface area contributed by atoms with Crippen LogP contribution in [-0.2, 0) is 14.4 Å². The number of aryl methyl sites for hydroxylation is 1. The second kappa shape index (κ2) is 11.6. The van der Waals surface area contributed by atoms with Crippen molar-refractivity contribution >= 4 is 52.1 Å². The van der Waals surface area contributed by atoms with Crippen molar-refractivity contribution in [3.05, 3.63) is 30.0 Å². The van der Waals surface area contributed by atoms with E-state index in [4.69, 9.17) is 9.41 Å². The normalized spacial score (nSPS) is 22.9. The minimum Gasteiger partial charge on any atom is -0.461 e. The second-order valence-electron chi connectivity index (χ2n) is 9.83. The molecule has 37 heavy (non-hydrogen) atoms. The third-order valence-electron chi connectivity index (χ3n) is 7.00. The van der Waals surface area contributed by atoms with Gasteiger partial charge in [-0.1, -0.05) is 0 Å². The summed E-state index contributed by atoms with van der Waals surface area (Å²) in [7, 11) is 0. The molecule has 2 aromatic rings. The van der Waals surface area contributed by atoms with Crippen molar-refractivity contribution < 1.29 is 18.8 Å². The Morgan fingerprint density at radius 2 is 1.97 bits per heavy atom. The molecule has 3 aliphatic heterocycles. The van der Waals surface area contributed by atoms with E-state index in [1.807, 2.05) is 36.1 Å². The molecule has 3 fully saturated rings. The molecule has 3 saturated heterocycles. The molecule has 1 aromatic carbocycles. The molecule has 2 atom stereocenters. The molecule has 0 unspecified atom stereocenters. The predicted molar refractivity (Wildman–Crippen MR) is 144 cm³/mol. The number of benzene rings is 1. The lowest BCUT2D eigenvalue weighted by Gasteiger charge is -2.25. The lowest BCUT2D eigenvalue weighted by atomic mass is 10.1. The third kappa shape index (κ3) is 6.27. The van der Waals surface area contributed by atoms with Gasteiger partial charge in [0.25, 0.3) is 0 Å². The molecule has 3 N–H and O–H groups in total. The highest BCUT2D eigenvalue weighted by molar-refractivity contribution is 7.99. The number of nitrogens with one attached hydrogen (secondary N) is 3. The van der Waals surface area contributed by atoms with Gasteiger partial charge >= 0.3 is 0 Å². The average Bonchev–Trinajstić information content (AvgIpc) is 3.64. The van der Waals surface area contributed by atoms with Crippen molar-refractivity contribution in [1.29, 1.82) is 0 Å². The SMILES string of the molecule is Cc1cc2cc(NC(=N[C@H]3CCCCN(CC(=O)N4CCCC4)C3=O)NC(=O)[C@H]3CSCN3)ccc2o1. The monoisotopic (exact) mass is 526 g/mol. The highest BCUT2D eigenvalue weighted by Gasteiger charge is 2.31. The summed E-state index contributed by atoms with van der Waals surface area (Å²) in [6.07, 6.45) is 4.22. The molecular formula is C26H34N6O4S. The van der Waals surface area contributed by atoms with E-state index >= 15 is 0 Å². The first kappa shape index (κ1) is 25.6. The van der Waals surface area contributed by atoms with Gasteiger partial charge in [0.1, 0.15) is 17.4 Å². The maximum atomic E-state index is 13.5. The molecule has 198 valence electrons. The number of likely N-dealkylation sites (tertiary alicyclic amines) is 2. The Morgan fingerprint density at radius 1 is 1.16 bits per heavy atom. The Kier molecular flexibility index (Phi) is 7.99. The van der Waals surface area contributed by atoms with Gasteiger partial charge in [0.05, 0.1) is 12.6 Å². The Hall–Kier alpha value is -3.05. The third-order valence-corrected chi connectivity index (χ3v) is 7.94. The molecule has 1 aromatic heterocycles.